The molecule has 8 heteroatoms. The Hall–Kier alpha value is -2.22. The number of nitrogens with zero attached hydrogens (tertiary/aromatic N) is 3. The Labute approximate surface area is 181 Å². The third kappa shape index (κ3) is 5.28. The fourth-order valence-corrected chi connectivity index (χ4v) is 3.80. The molecule has 0 fully saturated rings. The van der Waals surface area contributed by atoms with Gasteiger partial charge in [-0.25, -0.2) is 0 Å². The van der Waals surface area contributed by atoms with Crippen molar-refractivity contribution in [3.05, 3.63) is 41.0 Å². The first-order valence-corrected chi connectivity index (χ1v) is 10.8. The van der Waals surface area contributed by atoms with Gasteiger partial charge >= 0.3 is 0 Å². The lowest BCUT2D eigenvalue weighted by atomic mass is 10.0. The third-order valence-electron chi connectivity index (χ3n) is 5.38. The number of aromatic nitrogens is 2. The minimum Gasteiger partial charge on any atom is -0.394 e. The number of hydrogen-bond acceptors (Lipinski definition) is 5. The van der Waals surface area contributed by atoms with Gasteiger partial charge in [-0.3, -0.25) is 14.3 Å². The van der Waals surface area contributed by atoms with Crippen molar-refractivity contribution in [3.63, 3.8) is 0 Å². The van der Waals surface area contributed by atoms with Crippen molar-refractivity contribution in [1.82, 2.24) is 14.7 Å². The van der Waals surface area contributed by atoms with E-state index in [0.717, 1.165) is 24.8 Å². The number of hydrogen-bond donors (Lipinski definition) is 2. The van der Waals surface area contributed by atoms with Crippen LogP contribution < -0.4 is 0 Å². The lowest BCUT2D eigenvalue weighted by Gasteiger charge is -2.33. The van der Waals surface area contributed by atoms with Crippen LogP contribution in [-0.2, 0) is 4.79 Å². The lowest BCUT2D eigenvalue weighted by Crippen LogP contribution is -2.45. The highest BCUT2D eigenvalue weighted by Gasteiger charge is 2.33. The Bertz CT molecular complexity index is 881. The molecule has 0 spiro atoms. The van der Waals surface area contributed by atoms with E-state index in [1.54, 1.807) is 27.8 Å². The summed E-state index contributed by atoms with van der Waals surface area (Å²) in [6.45, 7) is 2.18. The molecule has 2 heterocycles. The zero-order chi connectivity index (χ0) is 21.7. The van der Waals surface area contributed by atoms with Gasteiger partial charge in [0.2, 0.25) is 0 Å². The van der Waals surface area contributed by atoms with E-state index < -0.39 is 6.10 Å². The van der Waals surface area contributed by atoms with E-state index in [9.17, 15) is 14.7 Å². The fourth-order valence-electron chi connectivity index (χ4n) is 3.67. The number of carbonyl (C=O) groups excluding carboxylic acids is 2. The molecule has 0 bridgehead atoms. The smallest absolute Gasteiger partial charge is 0.272 e. The first kappa shape index (κ1) is 22.5. The van der Waals surface area contributed by atoms with E-state index in [2.05, 4.69) is 6.92 Å². The number of aliphatic hydroxyl groups is 2. The molecule has 2 aromatic rings. The van der Waals surface area contributed by atoms with Crippen LogP contribution in [0.3, 0.4) is 0 Å². The number of ketones is 1. The van der Waals surface area contributed by atoms with Crippen molar-refractivity contribution in [2.75, 3.05) is 19.7 Å². The SMILES string of the molecule is CCCCC1CN(CC(=O)CCC(O)CO)C(=O)c2cc(-c3ccc(Cl)cc3)nn21. The second kappa shape index (κ2) is 10.2. The molecule has 2 N–H and O–H groups in total. The zero-order valence-electron chi connectivity index (χ0n) is 17.1. The molecule has 2 atom stereocenters. The van der Waals surface area contributed by atoms with Crippen molar-refractivity contribution in [2.45, 2.75) is 51.2 Å². The average molecular weight is 434 g/mol. The van der Waals surface area contributed by atoms with Gasteiger partial charge in [0.15, 0.2) is 5.78 Å². The second-order valence-corrected chi connectivity index (χ2v) is 8.20. The molecule has 2 unspecified atom stereocenters. The Kier molecular flexibility index (Phi) is 7.64. The maximum atomic E-state index is 13.1. The van der Waals surface area contributed by atoms with Crippen LogP contribution in [0.2, 0.25) is 5.02 Å². The number of fused-ring (bicyclic) bond motifs is 1. The lowest BCUT2D eigenvalue weighted by molar-refractivity contribution is -0.120. The normalized spacial score (nSPS) is 17.1. The molecule has 30 heavy (non-hydrogen) atoms. The molecule has 1 aromatic heterocycles. The Morgan fingerprint density at radius 3 is 2.73 bits per heavy atom. The van der Waals surface area contributed by atoms with Gasteiger partial charge in [-0.05, 0) is 31.0 Å². The quantitative estimate of drug-likeness (QED) is 0.600. The van der Waals surface area contributed by atoms with Gasteiger partial charge in [0.1, 0.15) is 5.69 Å². The summed E-state index contributed by atoms with van der Waals surface area (Å²) in [5.41, 5.74) is 2.07. The maximum Gasteiger partial charge on any atom is 0.272 e. The highest BCUT2D eigenvalue weighted by atomic mass is 35.5. The van der Waals surface area contributed by atoms with Crippen molar-refractivity contribution in [2.24, 2.45) is 0 Å². The van der Waals surface area contributed by atoms with Gasteiger partial charge in [-0.2, -0.15) is 5.10 Å². The molecule has 1 aliphatic heterocycles. The van der Waals surface area contributed by atoms with Gasteiger partial charge in [0.25, 0.3) is 5.91 Å². The van der Waals surface area contributed by atoms with E-state index in [0.29, 0.717) is 23.0 Å². The number of halogens is 1. The number of rotatable bonds is 10. The maximum absolute atomic E-state index is 13.1. The van der Waals surface area contributed by atoms with Crippen LogP contribution in [0.1, 0.15) is 55.6 Å². The minimum atomic E-state index is -0.910. The van der Waals surface area contributed by atoms with Gasteiger partial charge in [-0.1, -0.05) is 43.5 Å². The summed E-state index contributed by atoms with van der Waals surface area (Å²) in [7, 11) is 0. The molecule has 1 aromatic carbocycles. The van der Waals surface area contributed by atoms with Crippen LogP contribution >= 0.6 is 11.6 Å². The van der Waals surface area contributed by atoms with Gasteiger partial charge in [0, 0.05) is 23.6 Å². The number of carbonyl (C=O) groups is 2. The fraction of sp³-hybridized carbons (Fsp3) is 0.500. The van der Waals surface area contributed by atoms with Crippen molar-refractivity contribution in [3.8, 4) is 11.3 Å². The third-order valence-corrected chi connectivity index (χ3v) is 5.64. The zero-order valence-corrected chi connectivity index (χ0v) is 17.9. The molecule has 0 saturated carbocycles. The molecule has 162 valence electrons. The standard InChI is InChI=1S/C22H28ClN3O4/c1-2-3-4-17-12-25(13-18(28)9-10-19(29)14-27)22(30)21-11-20(24-26(17)21)15-5-7-16(23)8-6-15/h5-8,11,17,19,27,29H,2-4,9-10,12-14H2,1H3. The molecular weight excluding hydrogens is 406 g/mol. The minimum absolute atomic E-state index is 0.00106. The number of amides is 1. The van der Waals surface area contributed by atoms with E-state index >= 15 is 0 Å². The van der Waals surface area contributed by atoms with Crippen molar-refractivity contribution >= 4 is 23.3 Å². The number of aliphatic hydroxyl groups excluding tert-OH is 2. The summed E-state index contributed by atoms with van der Waals surface area (Å²) in [5, 5.41) is 23.7. The predicted octanol–water partition coefficient (Wildman–Crippen LogP) is 3.09. The number of Topliss-reactive ketones (excluding diaryl/α,β-unsaturated/α-hetero) is 1. The monoisotopic (exact) mass is 433 g/mol. The highest BCUT2D eigenvalue weighted by molar-refractivity contribution is 6.30. The first-order valence-electron chi connectivity index (χ1n) is 10.4. The van der Waals surface area contributed by atoms with E-state index in [4.69, 9.17) is 21.8 Å². The van der Waals surface area contributed by atoms with E-state index in [1.807, 2.05) is 12.1 Å². The summed E-state index contributed by atoms with van der Waals surface area (Å²) in [5.74, 6) is -0.345. The molecule has 7 nitrogen and oxygen atoms in total. The summed E-state index contributed by atoms with van der Waals surface area (Å²) >= 11 is 5.98. The molecule has 3 rings (SSSR count). The molecule has 1 aliphatic rings. The van der Waals surface area contributed by atoms with E-state index in [1.165, 1.54) is 0 Å². The van der Waals surface area contributed by atoms with Crippen LogP contribution in [0.5, 0.6) is 0 Å². The largest absolute Gasteiger partial charge is 0.394 e. The predicted molar refractivity (Wildman–Crippen MR) is 114 cm³/mol. The summed E-state index contributed by atoms with van der Waals surface area (Å²) in [6.07, 6.45) is 2.30. The summed E-state index contributed by atoms with van der Waals surface area (Å²) in [4.78, 5) is 27.0. The van der Waals surface area contributed by atoms with Crippen LogP contribution in [0.25, 0.3) is 11.3 Å². The molecule has 0 saturated heterocycles. The molecule has 1 amide bonds. The van der Waals surface area contributed by atoms with Crippen LogP contribution in [-0.4, -0.2) is 62.4 Å². The summed E-state index contributed by atoms with van der Waals surface area (Å²) in [6, 6.07) is 9.10. The highest BCUT2D eigenvalue weighted by Crippen LogP contribution is 2.29. The van der Waals surface area contributed by atoms with Crippen LogP contribution in [0, 0.1) is 0 Å². The second-order valence-electron chi connectivity index (χ2n) is 7.76. The van der Waals surface area contributed by atoms with Gasteiger partial charge in [0.05, 0.1) is 31.0 Å². The Morgan fingerprint density at radius 2 is 2.07 bits per heavy atom. The van der Waals surface area contributed by atoms with Crippen molar-refractivity contribution < 1.29 is 19.8 Å². The van der Waals surface area contributed by atoms with Crippen LogP contribution in [0.4, 0.5) is 0 Å². The Balaban J connectivity index is 1.81. The van der Waals surface area contributed by atoms with Crippen molar-refractivity contribution in [1.29, 1.82) is 0 Å². The summed E-state index contributed by atoms with van der Waals surface area (Å²) < 4.78 is 1.80. The van der Waals surface area contributed by atoms with Crippen LogP contribution in [0.15, 0.2) is 30.3 Å². The van der Waals surface area contributed by atoms with Gasteiger partial charge < -0.3 is 15.1 Å². The average Bonchev–Trinajstić information content (AvgIpc) is 3.19. The molecule has 0 radical (unpaired) electrons. The molecule has 0 aliphatic carbocycles. The van der Waals surface area contributed by atoms with Gasteiger partial charge in [-0.15, -0.1) is 0 Å². The Morgan fingerprint density at radius 1 is 1.33 bits per heavy atom. The molecular formula is C22H28ClN3O4. The topological polar surface area (TPSA) is 95.7 Å². The number of unbranched alkanes of at least 4 members (excludes halogenated alkanes) is 1. The van der Waals surface area contributed by atoms with E-state index in [-0.39, 0.29) is 43.7 Å². The number of benzene rings is 1. The first-order chi connectivity index (χ1) is 14.4.